The summed E-state index contributed by atoms with van der Waals surface area (Å²) in [5, 5.41) is 20.5. The van der Waals surface area contributed by atoms with Gasteiger partial charge in [0.1, 0.15) is 40.8 Å². The summed E-state index contributed by atoms with van der Waals surface area (Å²) in [5.41, 5.74) is -0.0615. The van der Waals surface area contributed by atoms with E-state index in [1.165, 1.54) is 17.4 Å². The monoisotopic (exact) mass is 359 g/mol. The van der Waals surface area contributed by atoms with E-state index < -0.39 is 17.2 Å². The van der Waals surface area contributed by atoms with Crippen LogP contribution in [0.15, 0.2) is 28.9 Å². The van der Waals surface area contributed by atoms with Gasteiger partial charge >= 0.3 is 0 Å². The number of rotatable bonds is 3. The molecule has 0 fully saturated rings. The Morgan fingerprint density at radius 2 is 1.92 bits per heavy atom. The van der Waals surface area contributed by atoms with Crippen LogP contribution in [0.5, 0.6) is 0 Å². The van der Waals surface area contributed by atoms with Crippen LogP contribution in [0.25, 0.3) is 22.8 Å². The molecule has 0 unspecified atom stereocenters. The molecule has 0 bridgehead atoms. The lowest BCUT2D eigenvalue weighted by Crippen LogP contribution is -1.93. The second-order valence-electron chi connectivity index (χ2n) is 5.12. The molecule has 0 aliphatic rings. The van der Waals surface area contributed by atoms with Crippen molar-refractivity contribution in [3.05, 3.63) is 57.4 Å². The van der Waals surface area contributed by atoms with E-state index in [-0.39, 0.29) is 22.9 Å². The van der Waals surface area contributed by atoms with Crippen LogP contribution >= 0.6 is 11.3 Å². The summed E-state index contributed by atoms with van der Waals surface area (Å²) in [6.45, 7) is 3.47. The first kappa shape index (κ1) is 16.8. The van der Waals surface area contributed by atoms with Gasteiger partial charge in [0.25, 0.3) is 0 Å². The van der Waals surface area contributed by atoms with Gasteiger partial charge in [0.05, 0.1) is 15.6 Å². The number of allylic oxidation sites excluding steroid dienone is 1. The first-order chi connectivity index (χ1) is 11.9. The molecule has 0 aliphatic heterocycles. The van der Waals surface area contributed by atoms with Crippen molar-refractivity contribution < 1.29 is 18.3 Å². The molecule has 0 saturated heterocycles. The van der Waals surface area contributed by atoms with Crippen molar-refractivity contribution >= 4 is 22.7 Å². The number of aryl methyl sites for hydroxylation is 2. The number of thiazole rings is 1. The minimum absolute atomic E-state index is 0.0249. The number of halogens is 2. The Balaban J connectivity index is 2.10. The Morgan fingerprint density at radius 1 is 1.24 bits per heavy atom. The lowest BCUT2D eigenvalue weighted by Gasteiger charge is -2.00. The molecule has 2 heterocycles. The third-order valence-corrected chi connectivity index (χ3v) is 4.48. The fourth-order valence-corrected chi connectivity index (χ4v) is 3.17. The van der Waals surface area contributed by atoms with Gasteiger partial charge in [-0.15, -0.1) is 11.3 Å². The molecular weight excluding hydrogens is 348 g/mol. The van der Waals surface area contributed by atoms with E-state index in [9.17, 15) is 19.1 Å². The molecule has 0 amide bonds. The summed E-state index contributed by atoms with van der Waals surface area (Å²) in [5.74, 6) is -2.30. The highest BCUT2D eigenvalue weighted by molar-refractivity contribution is 7.12. The largest absolute Gasteiger partial charge is 0.505 e. The molecule has 0 saturated carbocycles. The smallest absolute Gasteiger partial charge is 0.232 e. The lowest BCUT2D eigenvalue weighted by molar-refractivity contribution is 0.515. The summed E-state index contributed by atoms with van der Waals surface area (Å²) in [4.78, 5) is 8.57. The number of aromatic nitrogens is 2. The summed E-state index contributed by atoms with van der Waals surface area (Å²) in [7, 11) is 0. The molecule has 25 heavy (non-hydrogen) atoms. The van der Waals surface area contributed by atoms with E-state index >= 15 is 0 Å². The zero-order valence-electron chi connectivity index (χ0n) is 13.2. The van der Waals surface area contributed by atoms with Crippen LogP contribution in [0.3, 0.4) is 0 Å². The molecular formula is C17H11F2N3O2S. The number of benzene rings is 1. The van der Waals surface area contributed by atoms with Crippen LogP contribution in [-0.2, 0) is 0 Å². The Bertz CT molecular complexity index is 1010. The maximum atomic E-state index is 13.8. The molecule has 3 aromatic rings. The topological polar surface area (TPSA) is 82.9 Å². The van der Waals surface area contributed by atoms with E-state index in [1.54, 1.807) is 13.8 Å². The number of nitriles is 1. The first-order valence-electron chi connectivity index (χ1n) is 7.10. The molecule has 5 nitrogen and oxygen atoms in total. The molecule has 0 spiro atoms. The van der Waals surface area contributed by atoms with Crippen molar-refractivity contribution in [2.24, 2.45) is 0 Å². The highest BCUT2D eigenvalue weighted by Gasteiger charge is 2.21. The Hall–Kier alpha value is -3.05. The average Bonchev–Trinajstić information content (AvgIpc) is 3.14. The number of nitrogens with zero attached hydrogens (tertiary/aromatic N) is 3. The molecule has 126 valence electrons. The van der Waals surface area contributed by atoms with Crippen LogP contribution in [0.4, 0.5) is 8.78 Å². The molecule has 0 radical (unpaired) electrons. The van der Waals surface area contributed by atoms with E-state index in [2.05, 4.69) is 9.97 Å². The van der Waals surface area contributed by atoms with Gasteiger partial charge in [-0.3, -0.25) is 0 Å². The maximum Gasteiger partial charge on any atom is 0.232 e. The Morgan fingerprint density at radius 3 is 2.48 bits per heavy atom. The standard InChI is InChI=1S/C17H11F2N3O2S/c1-8-16(25-9(2)21-8)15(23)10(6-20)13-7-24-17(22-13)14-11(18)4-3-5-12(14)19/h3-5,7,23H,1-2H3. The Kier molecular flexibility index (Phi) is 4.33. The third kappa shape index (κ3) is 3.02. The van der Waals surface area contributed by atoms with E-state index in [0.29, 0.717) is 10.6 Å². The van der Waals surface area contributed by atoms with Crippen molar-refractivity contribution in [3.63, 3.8) is 0 Å². The zero-order chi connectivity index (χ0) is 18.1. The normalized spacial score (nSPS) is 12.0. The first-order valence-corrected chi connectivity index (χ1v) is 7.92. The number of aliphatic hydroxyl groups excluding tert-OH is 1. The molecule has 3 rings (SSSR count). The van der Waals surface area contributed by atoms with Crippen LogP contribution in [0, 0.1) is 36.8 Å². The lowest BCUT2D eigenvalue weighted by atomic mass is 10.1. The van der Waals surface area contributed by atoms with Crippen LogP contribution in [0.2, 0.25) is 0 Å². The fraction of sp³-hybridized carbons (Fsp3) is 0.118. The highest BCUT2D eigenvalue weighted by atomic mass is 32.1. The van der Waals surface area contributed by atoms with Crippen molar-refractivity contribution in [1.29, 1.82) is 5.26 Å². The highest BCUT2D eigenvalue weighted by Crippen LogP contribution is 2.32. The predicted octanol–water partition coefficient (Wildman–Crippen LogP) is 4.64. The third-order valence-electron chi connectivity index (χ3n) is 3.40. The van der Waals surface area contributed by atoms with Gasteiger partial charge in [-0.2, -0.15) is 5.26 Å². The predicted molar refractivity (Wildman–Crippen MR) is 88.5 cm³/mol. The van der Waals surface area contributed by atoms with Gasteiger partial charge in [0.2, 0.25) is 5.89 Å². The molecule has 1 aromatic carbocycles. The SMILES string of the molecule is Cc1nc(C)c(C(O)=C(C#N)c2coc(-c3c(F)cccc3F)n2)s1. The fourth-order valence-electron chi connectivity index (χ4n) is 2.30. The van der Waals surface area contributed by atoms with Gasteiger partial charge in [0.15, 0.2) is 5.76 Å². The number of hydrogen-bond donors (Lipinski definition) is 1. The van der Waals surface area contributed by atoms with Gasteiger partial charge in [0, 0.05) is 0 Å². The van der Waals surface area contributed by atoms with Crippen molar-refractivity contribution in [1.82, 2.24) is 9.97 Å². The molecule has 1 N–H and O–H groups in total. The minimum atomic E-state index is -0.839. The number of oxazole rings is 1. The second-order valence-corrected chi connectivity index (χ2v) is 6.32. The Labute approximate surface area is 145 Å². The maximum absolute atomic E-state index is 13.8. The van der Waals surface area contributed by atoms with E-state index in [0.717, 1.165) is 23.4 Å². The summed E-state index contributed by atoms with van der Waals surface area (Å²) >= 11 is 1.22. The number of hydrogen-bond acceptors (Lipinski definition) is 6. The molecule has 8 heteroatoms. The van der Waals surface area contributed by atoms with Gasteiger partial charge < -0.3 is 9.52 Å². The average molecular weight is 359 g/mol. The molecule has 0 aliphatic carbocycles. The second kappa shape index (κ2) is 6.45. The molecule has 2 aromatic heterocycles. The quantitative estimate of drug-likeness (QED) is 0.544. The zero-order valence-corrected chi connectivity index (χ0v) is 14.0. The van der Waals surface area contributed by atoms with Crippen molar-refractivity contribution in [2.45, 2.75) is 13.8 Å². The van der Waals surface area contributed by atoms with Crippen LogP contribution in [-0.4, -0.2) is 15.1 Å². The number of aliphatic hydroxyl groups is 1. The van der Waals surface area contributed by atoms with Crippen molar-refractivity contribution in [3.8, 4) is 17.5 Å². The van der Waals surface area contributed by atoms with Crippen LogP contribution < -0.4 is 0 Å². The van der Waals surface area contributed by atoms with Gasteiger partial charge in [-0.05, 0) is 26.0 Å². The van der Waals surface area contributed by atoms with Crippen molar-refractivity contribution in [2.75, 3.05) is 0 Å². The summed E-state index contributed by atoms with van der Waals surface area (Å²) < 4.78 is 32.8. The summed E-state index contributed by atoms with van der Waals surface area (Å²) in [6.07, 6.45) is 1.07. The summed E-state index contributed by atoms with van der Waals surface area (Å²) in [6, 6.07) is 5.21. The van der Waals surface area contributed by atoms with Crippen LogP contribution in [0.1, 0.15) is 21.3 Å². The van der Waals surface area contributed by atoms with Gasteiger partial charge in [-0.1, -0.05) is 6.07 Å². The van der Waals surface area contributed by atoms with E-state index in [4.69, 9.17) is 4.42 Å². The minimum Gasteiger partial charge on any atom is -0.505 e. The van der Waals surface area contributed by atoms with E-state index in [1.807, 2.05) is 6.07 Å². The van der Waals surface area contributed by atoms with Gasteiger partial charge in [-0.25, -0.2) is 18.7 Å². The molecule has 0 atom stereocenters.